The first-order chi connectivity index (χ1) is 12.7. The Bertz CT molecular complexity index is 880. The van der Waals surface area contributed by atoms with Gasteiger partial charge in [0.15, 0.2) is 0 Å². The highest BCUT2D eigenvalue weighted by atomic mass is 32.2. The summed E-state index contributed by atoms with van der Waals surface area (Å²) in [5, 5.41) is 0. The molecule has 2 aromatic rings. The minimum Gasteiger partial charge on any atom is -0.337 e. The quantitative estimate of drug-likeness (QED) is 0.750. The van der Waals surface area contributed by atoms with Crippen molar-refractivity contribution in [3.8, 4) is 0 Å². The van der Waals surface area contributed by atoms with Gasteiger partial charge in [0, 0.05) is 32.1 Å². The van der Waals surface area contributed by atoms with E-state index in [1.54, 1.807) is 42.5 Å². The largest absolute Gasteiger partial charge is 0.337 e. The Balaban J connectivity index is 1.99. The summed E-state index contributed by atoms with van der Waals surface area (Å²) in [6, 6.07) is 12.9. The van der Waals surface area contributed by atoms with Crippen molar-refractivity contribution in [1.29, 1.82) is 0 Å². The normalized spacial score (nSPS) is 11.6. The van der Waals surface area contributed by atoms with Crippen molar-refractivity contribution in [2.24, 2.45) is 0 Å². The molecule has 1 amide bonds. The lowest BCUT2D eigenvalue weighted by molar-refractivity contribution is -0.129. The number of rotatable bonds is 8. The molecular formula is C20H25FN2O3S. The number of halogens is 1. The second-order valence-electron chi connectivity index (χ2n) is 6.65. The summed E-state index contributed by atoms with van der Waals surface area (Å²) in [4.78, 5) is 13.4. The zero-order chi connectivity index (χ0) is 20.0. The Morgan fingerprint density at radius 1 is 1.11 bits per heavy atom. The van der Waals surface area contributed by atoms with Crippen LogP contribution in [0.5, 0.6) is 0 Å². The Labute approximate surface area is 160 Å². The minimum atomic E-state index is -3.67. The Kier molecular flexibility index (Phi) is 7.10. The fourth-order valence-electron chi connectivity index (χ4n) is 2.61. The van der Waals surface area contributed by atoms with Gasteiger partial charge >= 0.3 is 0 Å². The van der Waals surface area contributed by atoms with E-state index in [-0.39, 0.29) is 30.4 Å². The SMILES string of the molecule is CC(=O)N(CCNS(=O)(=O)c1ccc(C(C)C)cc1)Cc1ccccc1F. The van der Waals surface area contributed by atoms with Gasteiger partial charge in [0.25, 0.3) is 0 Å². The zero-order valence-corrected chi connectivity index (χ0v) is 16.6. The van der Waals surface area contributed by atoms with Crippen LogP contribution in [0.2, 0.25) is 0 Å². The third kappa shape index (κ3) is 5.87. The summed E-state index contributed by atoms with van der Waals surface area (Å²) in [7, 11) is -3.67. The van der Waals surface area contributed by atoms with Crippen molar-refractivity contribution < 1.29 is 17.6 Å². The standard InChI is InChI=1S/C20H25FN2O3S/c1-15(2)17-8-10-19(11-9-17)27(25,26)22-12-13-23(16(3)24)14-18-6-4-5-7-20(18)21/h4-11,15,22H,12-14H2,1-3H3. The number of hydrogen-bond acceptors (Lipinski definition) is 3. The third-order valence-electron chi connectivity index (χ3n) is 4.30. The molecular weight excluding hydrogens is 367 g/mol. The summed E-state index contributed by atoms with van der Waals surface area (Å²) < 4.78 is 41.1. The molecule has 1 N–H and O–H groups in total. The predicted octanol–water partition coefficient (Wildman–Crippen LogP) is 3.28. The van der Waals surface area contributed by atoms with Gasteiger partial charge in [0.2, 0.25) is 15.9 Å². The molecule has 0 aromatic heterocycles. The fourth-order valence-corrected chi connectivity index (χ4v) is 3.63. The van der Waals surface area contributed by atoms with Gasteiger partial charge in [-0.3, -0.25) is 4.79 Å². The van der Waals surface area contributed by atoms with Crippen LogP contribution < -0.4 is 4.72 Å². The number of hydrogen-bond donors (Lipinski definition) is 1. The first-order valence-electron chi connectivity index (χ1n) is 8.79. The summed E-state index contributed by atoms with van der Waals surface area (Å²) in [5.74, 6) is -0.328. The molecule has 0 saturated heterocycles. The molecule has 146 valence electrons. The minimum absolute atomic E-state index is 0.0439. The van der Waals surface area contributed by atoms with E-state index in [1.165, 1.54) is 17.9 Å². The zero-order valence-electron chi connectivity index (χ0n) is 15.8. The van der Waals surface area contributed by atoms with E-state index in [0.717, 1.165) is 5.56 Å². The highest BCUT2D eigenvalue weighted by molar-refractivity contribution is 7.89. The number of amides is 1. The van der Waals surface area contributed by atoms with Crippen LogP contribution in [-0.4, -0.2) is 32.3 Å². The molecule has 5 nitrogen and oxygen atoms in total. The number of sulfonamides is 1. The van der Waals surface area contributed by atoms with Crippen LogP contribution >= 0.6 is 0 Å². The lowest BCUT2D eigenvalue weighted by atomic mass is 10.0. The molecule has 7 heteroatoms. The Morgan fingerprint density at radius 2 is 1.74 bits per heavy atom. The number of nitrogens with one attached hydrogen (secondary N) is 1. The van der Waals surface area contributed by atoms with Gasteiger partial charge in [-0.2, -0.15) is 0 Å². The molecule has 0 aliphatic carbocycles. The van der Waals surface area contributed by atoms with E-state index in [9.17, 15) is 17.6 Å². The number of carbonyl (C=O) groups is 1. The van der Waals surface area contributed by atoms with E-state index in [0.29, 0.717) is 11.5 Å². The van der Waals surface area contributed by atoms with Crippen LogP contribution in [0.1, 0.15) is 37.8 Å². The van der Waals surface area contributed by atoms with Crippen LogP contribution in [-0.2, 0) is 21.4 Å². The topological polar surface area (TPSA) is 66.5 Å². The second kappa shape index (κ2) is 9.10. The molecule has 0 radical (unpaired) electrons. The summed E-state index contributed by atoms with van der Waals surface area (Å²) in [5.41, 5.74) is 1.45. The van der Waals surface area contributed by atoms with Crippen molar-refractivity contribution in [2.45, 2.75) is 38.1 Å². The van der Waals surface area contributed by atoms with Crippen molar-refractivity contribution >= 4 is 15.9 Å². The highest BCUT2D eigenvalue weighted by Crippen LogP contribution is 2.17. The number of benzene rings is 2. The van der Waals surface area contributed by atoms with E-state index >= 15 is 0 Å². The lowest BCUT2D eigenvalue weighted by Crippen LogP contribution is -2.37. The average molecular weight is 392 g/mol. The molecule has 2 rings (SSSR count). The van der Waals surface area contributed by atoms with Crippen molar-refractivity contribution in [3.05, 3.63) is 65.5 Å². The van der Waals surface area contributed by atoms with Gasteiger partial charge in [0.05, 0.1) is 4.90 Å². The van der Waals surface area contributed by atoms with Crippen LogP contribution in [0.25, 0.3) is 0 Å². The summed E-state index contributed by atoms with van der Waals surface area (Å²) in [6.45, 7) is 5.73. The molecule has 0 spiro atoms. The van der Waals surface area contributed by atoms with E-state index < -0.39 is 15.8 Å². The van der Waals surface area contributed by atoms with Gasteiger partial charge in [-0.25, -0.2) is 17.5 Å². The number of nitrogens with zero attached hydrogens (tertiary/aromatic N) is 1. The fraction of sp³-hybridized carbons (Fsp3) is 0.350. The molecule has 0 fully saturated rings. The molecule has 0 aliphatic heterocycles. The van der Waals surface area contributed by atoms with Gasteiger partial charge in [0.1, 0.15) is 5.82 Å². The first kappa shape index (κ1) is 21.1. The monoisotopic (exact) mass is 392 g/mol. The summed E-state index contributed by atoms with van der Waals surface area (Å²) >= 11 is 0. The maximum absolute atomic E-state index is 13.8. The smallest absolute Gasteiger partial charge is 0.240 e. The predicted molar refractivity (Wildman–Crippen MR) is 103 cm³/mol. The molecule has 0 bridgehead atoms. The van der Waals surface area contributed by atoms with Crippen LogP contribution in [0, 0.1) is 5.82 Å². The lowest BCUT2D eigenvalue weighted by Gasteiger charge is -2.21. The van der Waals surface area contributed by atoms with Crippen LogP contribution in [0.3, 0.4) is 0 Å². The van der Waals surface area contributed by atoms with Crippen LogP contribution in [0.4, 0.5) is 4.39 Å². The molecule has 0 atom stereocenters. The maximum atomic E-state index is 13.8. The van der Waals surface area contributed by atoms with E-state index in [1.807, 2.05) is 13.8 Å². The van der Waals surface area contributed by atoms with Gasteiger partial charge in [-0.1, -0.05) is 44.2 Å². The molecule has 0 heterocycles. The second-order valence-corrected chi connectivity index (χ2v) is 8.42. The molecule has 2 aromatic carbocycles. The van der Waals surface area contributed by atoms with Gasteiger partial charge in [-0.15, -0.1) is 0 Å². The Hall–Kier alpha value is -2.25. The number of carbonyl (C=O) groups excluding carboxylic acids is 1. The first-order valence-corrected chi connectivity index (χ1v) is 10.3. The Morgan fingerprint density at radius 3 is 2.30 bits per heavy atom. The molecule has 27 heavy (non-hydrogen) atoms. The third-order valence-corrected chi connectivity index (χ3v) is 5.77. The van der Waals surface area contributed by atoms with Gasteiger partial charge < -0.3 is 4.90 Å². The highest BCUT2D eigenvalue weighted by Gasteiger charge is 2.16. The maximum Gasteiger partial charge on any atom is 0.240 e. The molecule has 0 aliphatic rings. The van der Waals surface area contributed by atoms with E-state index in [2.05, 4.69) is 4.72 Å². The van der Waals surface area contributed by atoms with Crippen molar-refractivity contribution in [1.82, 2.24) is 9.62 Å². The van der Waals surface area contributed by atoms with Crippen LogP contribution in [0.15, 0.2) is 53.4 Å². The summed E-state index contributed by atoms with van der Waals surface area (Å²) in [6.07, 6.45) is 0. The van der Waals surface area contributed by atoms with E-state index in [4.69, 9.17) is 0 Å². The average Bonchev–Trinajstić information content (AvgIpc) is 2.62. The molecule has 0 unspecified atom stereocenters. The molecule has 0 saturated carbocycles. The van der Waals surface area contributed by atoms with Crippen molar-refractivity contribution in [2.75, 3.05) is 13.1 Å². The van der Waals surface area contributed by atoms with Crippen molar-refractivity contribution in [3.63, 3.8) is 0 Å². The van der Waals surface area contributed by atoms with Gasteiger partial charge in [-0.05, 0) is 29.7 Å².